The molecular weight excluding hydrogens is 213 g/mol. The van der Waals surface area contributed by atoms with Crippen molar-refractivity contribution in [1.29, 1.82) is 0 Å². The van der Waals surface area contributed by atoms with Gasteiger partial charge in [0, 0.05) is 0 Å². The van der Waals surface area contributed by atoms with Crippen molar-refractivity contribution in [3.05, 3.63) is 29.8 Å². The molecule has 0 fully saturated rings. The second-order valence-electron chi connectivity index (χ2n) is 4.92. The lowest BCUT2D eigenvalue weighted by atomic mass is 9.72. The van der Waals surface area contributed by atoms with Gasteiger partial charge in [-0.05, 0) is 35.5 Å². The minimum Gasteiger partial charge on any atom is -0.289 e. The molecule has 0 saturated heterocycles. The summed E-state index contributed by atoms with van der Waals surface area (Å²) < 4.78 is 0. The highest BCUT2D eigenvalue weighted by molar-refractivity contribution is 7.27. The van der Waals surface area contributed by atoms with Gasteiger partial charge in [-0.1, -0.05) is 45.9 Å². The van der Waals surface area contributed by atoms with E-state index in [0.29, 0.717) is 11.8 Å². The lowest BCUT2D eigenvalue weighted by molar-refractivity contribution is 0.232. The van der Waals surface area contributed by atoms with Crippen molar-refractivity contribution < 1.29 is 0 Å². The molecule has 1 nitrogen and oxygen atoms in total. The van der Waals surface area contributed by atoms with E-state index in [2.05, 4.69) is 72.9 Å². The first-order valence-electron chi connectivity index (χ1n) is 5.79. The van der Waals surface area contributed by atoms with Gasteiger partial charge < -0.3 is 0 Å². The van der Waals surface area contributed by atoms with E-state index in [-0.39, 0.29) is 5.54 Å². The number of rotatable bonds is 4. The summed E-state index contributed by atoms with van der Waals surface area (Å²) >= 11 is 0. The normalized spacial score (nSPS) is 12.2. The maximum absolute atomic E-state index is 4.47. The Balaban J connectivity index is 3.36. The molecule has 0 heterocycles. The molecule has 0 amide bonds. The summed E-state index contributed by atoms with van der Waals surface area (Å²) in [7, 11) is 2.74. The lowest BCUT2D eigenvalue weighted by Crippen LogP contribution is -2.36. The van der Waals surface area contributed by atoms with E-state index in [1.807, 2.05) is 0 Å². The maximum atomic E-state index is 4.47. The molecule has 0 bridgehead atoms. The van der Waals surface area contributed by atoms with Gasteiger partial charge in [0.2, 0.25) is 0 Å². The van der Waals surface area contributed by atoms with E-state index < -0.39 is 0 Å². The standard InChI is InChI=1S/C14H22NP/c1-10(2)14(15-5,11(3)4)12-7-6-8-13(16)9-12/h6-11H,5,16H2,1-4H3. The van der Waals surface area contributed by atoms with Crippen molar-refractivity contribution in [1.82, 2.24) is 0 Å². The summed E-state index contributed by atoms with van der Waals surface area (Å²) in [6.07, 6.45) is 0. The summed E-state index contributed by atoms with van der Waals surface area (Å²) in [5.74, 6) is 0.883. The van der Waals surface area contributed by atoms with Crippen LogP contribution < -0.4 is 5.30 Å². The second kappa shape index (κ2) is 5.10. The lowest BCUT2D eigenvalue weighted by Gasteiger charge is -2.38. The zero-order valence-corrected chi connectivity index (χ0v) is 11.9. The molecule has 0 radical (unpaired) electrons. The number of benzene rings is 1. The fraction of sp³-hybridized carbons (Fsp3) is 0.500. The number of nitrogens with zero attached hydrogens (tertiary/aromatic N) is 1. The molecule has 0 spiro atoms. The summed E-state index contributed by atoms with van der Waals surface area (Å²) in [4.78, 5) is 4.47. The number of hydrogen-bond acceptors (Lipinski definition) is 1. The first-order valence-corrected chi connectivity index (χ1v) is 6.36. The Kier molecular flexibility index (Phi) is 4.27. The average molecular weight is 235 g/mol. The minimum atomic E-state index is -0.174. The van der Waals surface area contributed by atoms with Gasteiger partial charge in [0.05, 0.1) is 5.54 Å². The molecule has 88 valence electrons. The first-order chi connectivity index (χ1) is 7.45. The first kappa shape index (κ1) is 13.4. The topological polar surface area (TPSA) is 12.4 Å². The predicted octanol–water partition coefficient (Wildman–Crippen LogP) is 3.39. The van der Waals surface area contributed by atoms with Crippen LogP contribution in [0.4, 0.5) is 0 Å². The van der Waals surface area contributed by atoms with E-state index in [9.17, 15) is 0 Å². The largest absolute Gasteiger partial charge is 0.289 e. The van der Waals surface area contributed by atoms with Crippen LogP contribution in [0.15, 0.2) is 29.3 Å². The highest BCUT2D eigenvalue weighted by Crippen LogP contribution is 2.40. The Morgan fingerprint density at radius 1 is 1.19 bits per heavy atom. The van der Waals surface area contributed by atoms with E-state index in [1.54, 1.807) is 0 Å². The Morgan fingerprint density at radius 2 is 1.75 bits per heavy atom. The monoisotopic (exact) mass is 235 g/mol. The van der Waals surface area contributed by atoms with Crippen LogP contribution >= 0.6 is 9.24 Å². The van der Waals surface area contributed by atoms with Gasteiger partial charge in [-0.2, -0.15) is 0 Å². The SMILES string of the molecule is C=NC(c1cccc(P)c1)(C(C)C)C(C)C. The van der Waals surface area contributed by atoms with E-state index in [0.717, 1.165) is 0 Å². The molecule has 0 aliphatic heterocycles. The van der Waals surface area contributed by atoms with Crippen LogP contribution in [0.2, 0.25) is 0 Å². The summed E-state index contributed by atoms with van der Waals surface area (Å²) in [5, 5.41) is 1.20. The number of aliphatic imine (C=N–C) groups is 1. The fourth-order valence-corrected chi connectivity index (χ4v) is 2.87. The van der Waals surface area contributed by atoms with Gasteiger partial charge in [0.25, 0.3) is 0 Å². The van der Waals surface area contributed by atoms with Crippen LogP contribution in [0.1, 0.15) is 33.3 Å². The molecule has 0 N–H and O–H groups in total. The molecule has 0 aromatic heterocycles. The van der Waals surface area contributed by atoms with Crippen LogP contribution in [0.5, 0.6) is 0 Å². The van der Waals surface area contributed by atoms with E-state index in [4.69, 9.17) is 0 Å². The van der Waals surface area contributed by atoms with Gasteiger partial charge >= 0.3 is 0 Å². The van der Waals surface area contributed by atoms with Crippen LogP contribution in [-0.4, -0.2) is 6.72 Å². The molecular formula is C14H22NP. The molecule has 1 atom stereocenters. The molecule has 0 saturated carbocycles. The summed E-state index contributed by atoms with van der Waals surface area (Å²) in [5.41, 5.74) is 1.09. The van der Waals surface area contributed by atoms with Gasteiger partial charge in [-0.25, -0.2) is 0 Å². The van der Waals surface area contributed by atoms with Crippen LogP contribution in [0.3, 0.4) is 0 Å². The molecule has 2 heteroatoms. The molecule has 0 aliphatic rings. The van der Waals surface area contributed by atoms with Crippen LogP contribution in [0, 0.1) is 11.8 Å². The molecule has 1 unspecified atom stereocenters. The third-order valence-electron chi connectivity index (χ3n) is 3.37. The van der Waals surface area contributed by atoms with Gasteiger partial charge in [-0.15, -0.1) is 9.24 Å². The van der Waals surface area contributed by atoms with E-state index in [1.165, 1.54) is 10.9 Å². The molecule has 0 aliphatic carbocycles. The quantitative estimate of drug-likeness (QED) is 0.560. The Hall–Kier alpha value is -0.680. The third kappa shape index (κ3) is 2.20. The third-order valence-corrected chi connectivity index (χ3v) is 3.73. The minimum absolute atomic E-state index is 0.174. The van der Waals surface area contributed by atoms with Crippen molar-refractivity contribution in [2.24, 2.45) is 16.8 Å². The average Bonchev–Trinajstić information content (AvgIpc) is 2.18. The number of hydrogen-bond donors (Lipinski definition) is 0. The molecule has 1 rings (SSSR count). The van der Waals surface area contributed by atoms with Crippen LogP contribution in [0.25, 0.3) is 0 Å². The Morgan fingerprint density at radius 3 is 2.12 bits per heavy atom. The molecule has 1 aromatic rings. The highest BCUT2D eigenvalue weighted by Gasteiger charge is 2.37. The Bertz CT molecular complexity index is 361. The van der Waals surface area contributed by atoms with Crippen molar-refractivity contribution in [3.8, 4) is 0 Å². The smallest absolute Gasteiger partial charge is 0.0895 e. The fourth-order valence-electron chi connectivity index (χ4n) is 2.58. The van der Waals surface area contributed by atoms with Crippen LogP contribution in [-0.2, 0) is 5.54 Å². The van der Waals surface area contributed by atoms with Crippen molar-refractivity contribution in [2.75, 3.05) is 0 Å². The second-order valence-corrected chi connectivity index (χ2v) is 5.58. The maximum Gasteiger partial charge on any atom is 0.0895 e. The van der Waals surface area contributed by atoms with Gasteiger partial charge in [0.15, 0.2) is 0 Å². The summed E-state index contributed by atoms with van der Waals surface area (Å²) in [6, 6.07) is 8.52. The van der Waals surface area contributed by atoms with Gasteiger partial charge in [0.1, 0.15) is 0 Å². The van der Waals surface area contributed by atoms with Crippen molar-refractivity contribution >= 4 is 21.3 Å². The van der Waals surface area contributed by atoms with E-state index >= 15 is 0 Å². The Labute approximate surface area is 102 Å². The molecule has 1 aromatic carbocycles. The zero-order chi connectivity index (χ0) is 12.3. The highest BCUT2D eigenvalue weighted by atomic mass is 31.0. The van der Waals surface area contributed by atoms with Crippen molar-refractivity contribution in [3.63, 3.8) is 0 Å². The van der Waals surface area contributed by atoms with Gasteiger partial charge in [-0.3, -0.25) is 4.99 Å². The molecule has 16 heavy (non-hydrogen) atoms. The summed E-state index contributed by atoms with van der Waals surface area (Å²) in [6.45, 7) is 12.7. The van der Waals surface area contributed by atoms with Crippen molar-refractivity contribution in [2.45, 2.75) is 33.2 Å². The predicted molar refractivity (Wildman–Crippen MR) is 76.7 cm³/mol. The zero-order valence-electron chi connectivity index (χ0n) is 10.7.